The largest absolute Gasteiger partial charge is 0.480 e. The number of nitrogens with one attached hydrogen (secondary N) is 7. The molecule has 1 aromatic heterocycles. The number of nitrogens with two attached hydrogens (primary N) is 3. The lowest BCUT2D eigenvalue weighted by Gasteiger charge is -2.27. The van der Waals surface area contributed by atoms with Crippen molar-refractivity contribution in [3.05, 3.63) is 18.2 Å². The number of hydrogen-bond acceptors (Lipinski definition) is 14. The van der Waals surface area contributed by atoms with E-state index in [0.29, 0.717) is 5.69 Å². The van der Waals surface area contributed by atoms with Gasteiger partial charge in [0.15, 0.2) is 0 Å². The third-order valence-electron chi connectivity index (χ3n) is 7.07. The van der Waals surface area contributed by atoms with Gasteiger partial charge in [-0.05, 0) is 19.8 Å². The average Bonchev–Trinajstić information content (AvgIpc) is 3.60. The van der Waals surface area contributed by atoms with Gasteiger partial charge in [-0.3, -0.25) is 38.4 Å². The Balaban J connectivity index is 3.17. The zero-order valence-electron chi connectivity index (χ0n) is 28.0. The van der Waals surface area contributed by atoms with Crippen molar-refractivity contribution in [1.29, 1.82) is 0 Å². The zero-order chi connectivity index (χ0) is 39.5. The summed E-state index contributed by atoms with van der Waals surface area (Å²) in [4.78, 5) is 118. The number of imidazole rings is 1. The molecule has 8 amide bonds. The number of rotatable bonds is 24. The van der Waals surface area contributed by atoms with Crippen molar-refractivity contribution in [2.75, 3.05) is 19.8 Å². The summed E-state index contributed by atoms with van der Waals surface area (Å²) in [6, 6.07) is -9.64. The first-order chi connectivity index (χ1) is 24.4. The zero-order valence-corrected chi connectivity index (χ0v) is 28.0. The molecule has 0 saturated carbocycles. The minimum absolute atomic E-state index is 0.283. The number of carbonyl (C=O) groups excluding carboxylic acids is 8. The Morgan fingerprint density at radius 1 is 0.750 bits per heavy atom. The fourth-order valence-electron chi connectivity index (χ4n) is 4.21. The van der Waals surface area contributed by atoms with Gasteiger partial charge in [-0.1, -0.05) is 0 Å². The van der Waals surface area contributed by atoms with E-state index in [2.05, 4.69) is 41.9 Å². The predicted octanol–water partition coefficient (Wildman–Crippen LogP) is -8.20. The lowest BCUT2D eigenvalue weighted by Crippen LogP contribution is -2.61. The van der Waals surface area contributed by atoms with Gasteiger partial charge in [0, 0.05) is 31.2 Å². The van der Waals surface area contributed by atoms with Crippen molar-refractivity contribution in [1.82, 2.24) is 41.9 Å². The van der Waals surface area contributed by atoms with E-state index < -0.39 is 128 Å². The molecule has 52 heavy (non-hydrogen) atoms. The molecule has 0 aliphatic heterocycles. The Labute approximate surface area is 295 Å². The smallest absolute Gasteiger partial charge is 0.326 e. The summed E-state index contributed by atoms with van der Waals surface area (Å²) in [5.41, 5.74) is 15.9. The van der Waals surface area contributed by atoms with Crippen LogP contribution in [0, 0.1) is 0 Å². The monoisotopic (exact) mass is 743 g/mol. The van der Waals surface area contributed by atoms with Crippen LogP contribution in [0.25, 0.3) is 0 Å². The Hall–Kier alpha value is -5.72. The van der Waals surface area contributed by atoms with Gasteiger partial charge in [-0.2, -0.15) is 0 Å². The van der Waals surface area contributed by atoms with Crippen LogP contribution in [0.2, 0.25) is 0 Å². The van der Waals surface area contributed by atoms with Gasteiger partial charge in [-0.25, -0.2) is 9.78 Å². The lowest BCUT2D eigenvalue weighted by atomic mass is 10.0. The van der Waals surface area contributed by atoms with Gasteiger partial charge in [0.05, 0.1) is 32.2 Å². The third kappa shape index (κ3) is 15.9. The highest BCUT2D eigenvalue weighted by Gasteiger charge is 2.34. The van der Waals surface area contributed by atoms with E-state index in [-0.39, 0.29) is 19.3 Å². The molecule has 0 aliphatic rings. The summed E-state index contributed by atoms with van der Waals surface area (Å²) in [6.45, 7) is -1.35. The molecular weight excluding hydrogens is 698 g/mol. The van der Waals surface area contributed by atoms with E-state index in [1.807, 2.05) is 0 Å². The molecule has 0 unspecified atom stereocenters. The first kappa shape index (κ1) is 44.3. The van der Waals surface area contributed by atoms with Gasteiger partial charge >= 0.3 is 5.97 Å². The highest BCUT2D eigenvalue weighted by atomic mass is 16.4. The highest BCUT2D eigenvalue weighted by Crippen LogP contribution is 2.06. The van der Waals surface area contributed by atoms with Crippen LogP contribution in [0.15, 0.2) is 12.5 Å². The minimum Gasteiger partial charge on any atom is -0.480 e. The van der Waals surface area contributed by atoms with Gasteiger partial charge in [0.1, 0.15) is 36.3 Å². The van der Waals surface area contributed by atoms with Crippen molar-refractivity contribution in [3.63, 3.8) is 0 Å². The van der Waals surface area contributed by atoms with E-state index in [4.69, 9.17) is 22.3 Å². The number of aliphatic hydroxyl groups excluding tert-OH is 3. The summed E-state index contributed by atoms with van der Waals surface area (Å²) in [5.74, 6) is -9.59. The van der Waals surface area contributed by atoms with Gasteiger partial charge in [-0.15, -0.1) is 0 Å². The molecule has 24 heteroatoms. The number of nitrogens with zero attached hydrogens (tertiary/aromatic N) is 1. The van der Waals surface area contributed by atoms with Crippen molar-refractivity contribution in [2.45, 2.75) is 81.4 Å². The summed E-state index contributed by atoms with van der Waals surface area (Å²) in [7, 11) is 0. The average molecular weight is 744 g/mol. The van der Waals surface area contributed by atoms with Gasteiger partial charge in [0.25, 0.3) is 0 Å². The molecule has 0 aliphatic carbocycles. The number of carboxylic acids is 1. The SMILES string of the molecule is C[C@@H](O)[C@H](NC(=O)[C@H](CO)NC(=O)CNC(=O)[C@@H](N)CO)C(=O)N[C@@H](CCC(N)=O)C(=O)N[C@@H](Cc1cnc[nH]1)C(=O)N[C@@H](CCC(N)=O)C(=O)O. The van der Waals surface area contributed by atoms with Gasteiger partial charge < -0.3 is 74.5 Å². The molecule has 24 nitrogen and oxygen atoms in total. The number of amides is 8. The minimum atomic E-state index is -1.84. The molecule has 0 radical (unpaired) electrons. The standard InChI is InChI=1S/C28H45N11O13/c1-12(42)22(39-26(49)18(10-41)35-21(45)8-33-23(46)14(29)9-40)27(50)36-15(2-4-19(30)43)24(47)38-17(6-13-7-32-11-34-13)25(48)37-16(28(51)52)3-5-20(31)44/h7,11-12,14-18,22,40-42H,2-6,8-10,29H2,1H3,(H2,30,43)(H2,31,44)(H,32,34)(H,33,46)(H,35,45)(H,36,50)(H,37,48)(H,38,47)(H,39,49)(H,51,52)/t12-,14+,15+,16+,17+,18+,22+/m1/s1. The number of hydrogen-bond donors (Lipinski definition) is 14. The number of aliphatic hydroxyl groups is 3. The third-order valence-corrected chi connectivity index (χ3v) is 7.07. The first-order valence-electron chi connectivity index (χ1n) is 15.6. The maximum atomic E-state index is 13.5. The highest BCUT2D eigenvalue weighted by molar-refractivity contribution is 5.97. The van der Waals surface area contributed by atoms with Crippen LogP contribution in [0.1, 0.15) is 38.3 Å². The van der Waals surface area contributed by atoms with E-state index in [9.17, 15) is 58.5 Å². The van der Waals surface area contributed by atoms with E-state index in [1.165, 1.54) is 12.5 Å². The number of aromatic nitrogens is 2. The maximum absolute atomic E-state index is 13.5. The van der Waals surface area contributed by atoms with Crippen LogP contribution in [-0.2, 0) is 49.6 Å². The topological polar surface area (TPSA) is 413 Å². The molecule has 1 rings (SSSR count). The van der Waals surface area contributed by atoms with E-state index in [0.717, 1.165) is 6.92 Å². The van der Waals surface area contributed by atoms with Gasteiger partial charge in [0.2, 0.25) is 47.3 Å². The predicted molar refractivity (Wildman–Crippen MR) is 173 cm³/mol. The Kier molecular flexibility index (Phi) is 18.9. The fraction of sp³-hybridized carbons (Fsp3) is 0.571. The summed E-state index contributed by atoms with van der Waals surface area (Å²) < 4.78 is 0. The molecule has 0 aromatic carbocycles. The van der Waals surface area contributed by atoms with Crippen LogP contribution >= 0.6 is 0 Å². The number of aromatic amines is 1. The second kappa shape index (κ2) is 22.2. The van der Waals surface area contributed by atoms with Crippen molar-refractivity contribution >= 4 is 53.2 Å². The van der Waals surface area contributed by atoms with Crippen LogP contribution in [0.5, 0.6) is 0 Å². The van der Waals surface area contributed by atoms with Crippen LogP contribution < -0.4 is 49.1 Å². The maximum Gasteiger partial charge on any atom is 0.326 e. The molecule has 0 saturated heterocycles. The van der Waals surface area contributed by atoms with E-state index in [1.54, 1.807) is 0 Å². The lowest BCUT2D eigenvalue weighted by molar-refractivity contribution is -0.142. The van der Waals surface area contributed by atoms with Crippen molar-refractivity contribution in [2.24, 2.45) is 17.2 Å². The second-order valence-corrected chi connectivity index (χ2v) is 11.3. The molecule has 0 bridgehead atoms. The fourth-order valence-corrected chi connectivity index (χ4v) is 4.21. The molecule has 1 heterocycles. The molecule has 1 aromatic rings. The number of aliphatic carboxylic acids is 1. The number of carboxylic acid groups (broad SMARTS) is 1. The summed E-state index contributed by atoms with van der Waals surface area (Å²) in [5, 5.41) is 51.5. The normalized spacial score (nSPS) is 14.9. The summed E-state index contributed by atoms with van der Waals surface area (Å²) in [6.07, 6.45) is -1.07. The number of H-pyrrole nitrogens is 1. The van der Waals surface area contributed by atoms with E-state index >= 15 is 0 Å². The number of carbonyl (C=O) groups is 9. The first-order valence-corrected chi connectivity index (χ1v) is 15.6. The molecule has 0 fully saturated rings. The second-order valence-electron chi connectivity index (χ2n) is 11.3. The molecular formula is C28H45N11O13. The Morgan fingerprint density at radius 3 is 1.79 bits per heavy atom. The van der Waals surface area contributed by atoms with Crippen molar-refractivity contribution < 1.29 is 63.6 Å². The van der Waals surface area contributed by atoms with Crippen LogP contribution in [0.3, 0.4) is 0 Å². The quantitative estimate of drug-likeness (QED) is 0.0467. The molecule has 0 spiro atoms. The Morgan fingerprint density at radius 2 is 1.29 bits per heavy atom. The van der Waals surface area contributed by atoms with Crippen LogP contribution in [-0.4, -0.2) is 146 Å². The molecule has 17 N–H and O–H groups in total. The molecule has 7 atom stereocenters. The Bertz CT molecular complexity index is 1420. The summed E-state index contributed by atoms with van der Waals surface area (Å²) >= 11 is 0. The van der Waals surface area contributed by atoms with Crippen molar-refractivity contribution in [3.8, 4) is 0 Å². The molecule has 290 valence electrons. The number of primary amides is 2. The van der Waals surface area contributed by atoms with Crippen LogP contribution in [0.4, 0.5) is 0 Å².